The van der Waals surface area contributed by atoms with Gasteiger partial charge in [0.05, 0.1) is 57.3 Å². The van der Waals surface area contributed by atoms with Crippen LogP contribution in [0.25, 0.3) is 0 Å². The summed E-state index contributed by atoms with van der Waals surface area (Å²) in [6, 6.07) is 0. The average molecular weight is 863 g/mol. The standard InChI is InChI=1S/C17H28O4.C12H22O4.C11H20O4.4C2H6/c1-6-12(2)8-7-9-13(3)10-14(4)15(17(19)20)11-16(18)21-5;1-5-6-8(2)7-10(11(13)14)9(3)12(15)16-4;1-6-11(3,4)8(9(12)13)7(2)10(14)15-5;4*1-2/h8,10,14-15H,6-7,9,11H2,1-5H3,(H,19,20);8-10H,5-7H2,1-4H3,(H,13,14);7-8H,6H2,1-5H3,(H,12,13);4*1-2H3/b12-8+,13-10+;;;;;;. The summed E-state index contributed by atoms with van der Waals surface area (Å²) >= 11 is 0. The van der Waals surface area contributed by atoms with Gasteiger partial charge >= 0.3 is 35.8 Å². The van der Waals surface area contributed by atoms with E-state index in [9.17, 15) is 33.9 Å². The van der Waals surface area contributed by atoms with Crippen LogP contribution in [0, 0.1) is 46.8 Å². The fourth-order valence-electron chi connectivity index (χ4n) is 5.78. The van der Waals surface area contributed by atoms with Crippen LogP contribution in [0.4, 0.5) is 0 Å². The predicted octanol–water partition coefficient (Wildman–Crippen LogP) is 12.3. The maximum atomic E-state index is 11.3. The Balaban J connectivity index is -0.000000131. The molecule has 0 rings (SSSR count). The lowest BCUT2D eigenvalue weighted by Gasteiger charge is -2.33. The molecule has 12 nitrogen and oxygen atoms in total. The van der Waals surface area contributed by atoms with Gasteiger partial charge in [-0.2, -0.15) is 0 Å². The molecule has 0 aromatic carbocycles. The van der Waals surface area contributed by atoms with Gasteiger partial charge in [-0.25, -0.2) is 0 Å². The number of allylic oxidation sites excluding steroid dienone is 4. The molecule has 0 bridgehead atoms. The molecule has 0 aliphatic rings. The van der Waals surface area contributed by atoms with Crippen LogP contribution in [0.3, 0.4) is 0 Å². The maximum Gasteiger partial charge on any atom is 0.309 e. The summed E-state index contributed by atoms with van der Waals surface area (Å²) in [5.74, 6) is -7.40. The molecular formula is C48H94O12. The summed E-state index contributed by atoms with van der Waals surface area (Å²) in [4.78, 5) is 67.5. The molecule has 0 fully saturated rings. The Labute approximate surface area is 367 Å². The minimum absolute atomic E-state index is 0.0916. The Morgan fingerprint density at radius 3 is 1.40 bits per heavy atom. The summed E-state index contributed by atoms with van der Waals surface area (Å²) in [6.45, 7) is 37.0. The molecule has 358 valence electrons. The topological polar surface area (TPSA) is 191 Å². The molecule has 60 heavy (non-hydrogen) atoms. The monoisotopic (exact) mass is 863 g/mol. The Hall–Kier alpha value is -3.70. The number of carbonyl (C=O) groups excluding carboxylic acids is 3. The number of hydrogen-bond acceptors (Lipinski definition) is 9. The average Bonchev–Trinajstić information content (AvgIpc) is 3.23. The number of esters is 3. The van der Waals surface area contributed by atoms with Crippen LogP contribution in [-0.4, -0.2) is 72.5 Å². The Kier molecular flexibility index (Phi) is 52.9. The largest absolute Gasteiger partial charge is 0.481 e. The van der Waals surface area contributed by atoms with E-state index in [0.717, 1.165) is 37.7 Å². The molecule has 0 heterocycles. The number of rotatable bonds is 21. The second-order valence-corrected chi connectivity index (χ2v) is 14.4. The number of aliphatic carboxylic acids is 3. The lowest BCUT2D eigenvalue weighted by Crippen LogP contribution is -2.39. The first-order chi connectivity index (χ1) is 28.0. The number of ether oxygens (including phenoxy) is 3. The third kappa shape index (κ3) is 35.1. The Morgan fingerprint density at radius 1 is 0.633 bits per heavy atom. The molecule has 0 aliphatic heterocycles. The second kappa shape index (κ2) is 44.8. The van der Waals surface area contributed by atoms with Crippen molar-refractivity contribution in [1.82, 2.24) is 0 Å². The van der Waals surface area contributed by atoms with E-state index in [1.54, 1.807) is 13.8 Å². The van der Waals surface area contributed by atoms with E-state index in [2.05, 4.69) is 41.1 Å². The van der Waals surface area contributed by atoms with Gasteiger partial charge < -0.3 is 29.5 Å². The van der Waals surface area contributed by atoms with Crippen LogP contribution < -0.4 is 0 Å². The lowest BCUT2D eigenvalue weighted by molar-refractivity contribution is -0.160. The van der Waals surface area contributed by atoms with Gasteiger partial charge in [-0.05, 0) is 56.8 Å². The molecule has 0 saturated carbocycles. The van der Waals surface area contributed by atoms with Crippen molar-refractivity contribution in [2.24, 2.45) is 46.8 Å². The van der Waals surface area contributed by atoms with Gasteiger partial charge in [0, 0.05) is 0 Å². The van der Waals surface area contributed by atoms with Crippen LogP contribution in [0.2, 0.25) is 0 Å². The maximum absolute atomic E-state index is 11.3. The van der Waals surface area contributed by atoms with Crippen molar-refractivity contribution in [3.05, 3.63) is 23.3 Å². The Bertz CT molecular complexity index is 1170. The van der Waals surface area contributed by atoms with E-state index in [1.807, 2.05) is 103 Å². The molecular weight excluding hydrogens is 769 g/mol. The van der Waals surface area contributed by atoms with Crippen molar-refractivity contribution in [1.29, 1.82) is 0 Å². The van der Waals surface area contributed by atoms with Crippen molar-refractivity contribution in [3.63, 3.8) is 0 Å². The highest BCUT2D eigenvalue weighted by Crippen LogP contribution is 2.36. The summed E-state index contributed by atoms with van der Waals surface area (Å²) in [5.41, 5.74) is 2.10. The minimum Gasteiger partial charge on any atom is -0.481 e. The molecule has 0 aromatic rings. The molecule has 0 radical (unpaired) electrons. The van der Waals surface area contributed by atoms with Gasteiger partial charge in [-0.3, -0.25) is 28.8 Å². The van der Waals surface area contributed by atoms with Gasteiger partial charge in [0.1, 0.15) is 0 Å². The number of carbonyl (C=O) groups is 6. The van der Waals surface area contributed by atoms with Crippen LogP contribution in [-0.2, 0) is 43.0 Å². The van der Waals surface area contributed by atoms with Gasteiger partial charge in [0.15, 0.2) is 0 Å². The van der Waals surface area contributed by atoms with E-state index in [4.69, 9.17) is 10.2 Å². The quantitative estimate of drug-likeness (QED) is 0.0563. The second-order valence-electron chi connectivity index (χ2n) is 14.4. The number of carboxylic acid groups (broad SMARTS) is 3. The van der Waals surface area contributed by atoms with Crippen molar-refractivity contribution in [2.75, 3.05) is 21.3 Å². The first kappa shape index (κ1) is 70.8. The highest BCUT2D eigenvalue weighted by atomic mass is 16.5. The summed E-state index contributed by atoms with van der Waals surface area (Å²) in [7, 11) is 3.83. The van der Waals surface area contributed by atoms with E-state index in [0.29, 0.717) is 18.8 Å². The molecule has 0 aromatic heterocycles. The van der Waals surface area contributed by atoms with Crippen molar-refractivity contribution >= 4 is 35.8 Å². The molecule has 0 spiro atoms. The molecule has 0 aliphatic carbocycles. The van der Waals surface area contributed by atoms with Crippen molar-refractivity contribution < 1.29 is 58.3 Å². The normalized spacial score (nSPS) is 14.0. The molecule has 7 atom stereocenters. The minimum atomic E-state index is -0.960. The van der Waals surface area contributed by atoms with Crippen LogP contribution in [0.15, 0.2) is 23.3 Å². The highest BCUT2D eigenvalue weighted by Gasteiger charge is 2.41. The van der Waals surface area contributed by atoms with E-state index in [-0.39, 0.29) is 12.3 Å². The smallest absolute Gasteiger partial charge is 0.309 e. The highest BCUT2D eigenvalue weighted by molar-refractivity contribution is 5.82. The van der Waals surface area contributed by atoms with Gasteiger partial charge in [-0.1, -0.05) is 160 Å². The summed E-state index contributed by atoms with van der Waals surface area (Å²) in [5, 5.41) is 27.5. The molecule has 7 unspecified atom stereocenters. The zero-order chi connectivity index (χ0) is 49.4. The first-order valence-corrected chi connectivity index (χ1v) is 22.3. The van der Waals surface area contributed by atoms with Gasteiger partial charge in [0.25, 0.3) is 0 Å². The van der Waals surface area contributed by atoms with E-state index >= 15 is 0 Å². The van der Waals surface area contributed by atoms with Crippen molar-refractivity contribution in [2.45, 2.75) is 183 Å². The summed E-state index contributed by atoms with van der Waals surface area (Å²) < 4.78 is 13.7. The summed E-state index contributed by atoms with van der Waals surface area (Å²) in [6.07, 6.45) is 10.2. The SMILES string of the molecule is CC.CC.CC.CC.CC/C(C)=C/CC/C(C)=C/C(C)C(CC(=O)OC)C(=O)O.CCC(C)(C)C(C(=O)O)C(C)C(=O)OC.CCCC(C)CC(C(=O)O)C(C)C(=O)OC. The fourth-order valence-corrected chi connectivity index (χ4v) is 5.78. The molecule has 0 saturated heterocycles. The fraction of sp³-hybridized carbons (Fsp3) is 0.792. The number of methoxy groups -OCH3 is 3. The lowest BCUT2D eigenvalue weighted by atomic mass is 9.71. The van der Waals surface area contributed by atoms with Crippen molar-refractivity contribution in [3.8, 4) is 0 Å². The zero-order valence-corrected chi connectivity index (χ0v) is 42.4. The van der Waals surface area contributed by atoms with E-state index < -0.39 is 70.8 Å². The molecule has 0 amide bonds. The van der Waals surface area contributed by atoms with Crippen LogP contribution in [0.1, 0.15) is 183 Å². The van der Waals surface area contributed by atoms with E-state index in [1.165, 1.54) is 26.9 Å². The van der Waals surface area contributed by atoms with Gasteiger partial charge in [0.2, 0.25) is 0 Å². The van der Waals surface area contributed by atoms with Crippen LogP contribution in [0.5, 0.6) is 0 Å². The molecule has 12 heteroatoms. The van der Waals surface area contributed by atoms with Crippen LogP contribution >= 0.6 is 0 Å². The number of carboxylic acids is 3. The predicted molar refractivity (Wildman–Crippen MR) is 247 cm³/mol. The first-order valence-electron chi connectivity index (χ1n) is 22.3. The third-order valence-electron chi connectivity index (χ3n) is 9.73. The zero-order valence-electron chi connectivity index (χ0n) is 42.4. The third-order valence-corrected chi connectivity index (χ3v) is 9.73. The number of hydrogen-bond donors (Lipinski definition) is 3. The molecule has 3 N–H and O–H groups in total. The van der Waals surface area contributed by atoms with Gasteiger partial charge in [-0.15, -0.1) is 0 Å². The Morgan fingerprint density at radius 2 is 1.07 bits per heavy atom.